The number of aryl methyl sites for hydroxylation is 1. The van der Waals surface area contributed by atoms with Crippen molar-refractivity contribution in [1.82, 2.24) is 9.80 Å². The van der Waals surface area contributed by atoms with Crippen LogP contribution in [0.1, 0.15) is 36.4 Å². The Hall–Kier alpha value is -0.970. The summed E-state index contributed by atoms with van der Waals surface area (Å²) in [5, 5.41) is 0. The Morgan fingerprint density at radius 1 is 1.29 bits per heavy atom. The first-order valence-electron chi connectivity index (χ1n) is 7.73. The van der Waals surface area contributed by atoms with Gasteiger partial charge in [-0.2, -0.15) is 0 Å². The molecule has 0 saturated heterocycles. The molecule has 1 fully saturated rings. The highest BCUT2D eigenvalue weighted by atomic mass is 19.1. The molecule has 0 aromatic heterocycles. The first-order chi connectivity index (χ1) is 9.89. The molecule has 118 valence electrons. The maximum absolute atomic E-state index is 13.6. The van der Waals surface area contributed by atoms with Crippen molar-refractivity contribution in [1.29, 1.82) is 0 Å². The quantitative estimate of drug-likeness (QED) is 0.875. The van der Waals surface area contributed by atoms with Gasteiger partial charge in [-0.05, 0) is 70.6 Å². The molecule has 0 amide bonds. The number of nitrogens with two attached hydrogens (primary N) is 1. The van der Waals surface area contributed by atoms with Crippen molar-refractivity contribution >= 4 is 0 Å². The van der Waals surface area contributed by atoms with E-state index in [0.29, 0.717) is 6.54 Å². The molecule has 2 rings (SSSR count). The van der Waals surface area contributed by atoms with Crippen molar-refractivity contribution in [2.24, 2.45) is 5.73 Å². The van der Waals surface area contributed by atoms with Crippen LogP contribution < -0.4 is 5.73 Å². The molecule has 1 atom stereocenters. The smallest absolute Gasteiger partial charge is 0.123 e. The minimum absolute atomic E-state index is 0.0677. The van der Waals surface area contributed by atoms with E-state index in [1.54, 1.807) is 6.07 Å². The number of rotatable bonds is 6. The molecule has 21 heavy (non-hydrogen) atoms. The van der Waals surface area contributed by atoms with Crippen LogP contribution in [0.15, 0.2) is 18.2 Å². The van der Waals surface area contributed by atoms with Gasteiger partial charge in [-0.15, -0.1) is 0 Å². The Balaban J connectivity index is 2.19. The van der Waals surface area contributed by atoms with Gasteiger partial charge >= 0.3 is 0 Å². The van der Waals surface area contributed by atoms with E-state index in [-0.39, 0.29) is 17.4 Å². The minimum atomic E-state index is -0.187. The fraction of sp³-hybridized carbons (Fsp3) is 0.647. The molecule has 0 aliphatic heterocycles. The monoisotopic (exact) mass is 293 g/mol. The third kappa shape index (κ3) is 3.28. The Kier molecular flexibility index (Phi) is 5.02. The predicted octanol–water partition coefficient (Wildman–Crippen LogP) is 2.55. The van der Waals surface area contributed by atoms with Crippen LogP contribution in [-0.4, -0.2) is 49.6 Å². The molecule has 1 saturated carbocycles. The van der Waals surface area contributed by atoms with Crippen LogP contribution in [-0.2, 0) is 0 Å². The first kappa shape index (κ1) is 16.4. The summed E-state index contributed by atoms with van der Waals surface area (Å²) in [7, 11) is 6.40. The van der Waals surface area contributed by atoms with Crippen molar-refractivity contribution in [2.75, 3.05) is 34.2 Å². The van der Waals surface area contributed by atoms with E-state index >= 15 is 0 Å². The molecule has 1 aromatic rings. The first-order valence-corrected chi connectivity index (χ1v) is 7.73. The van der Waals surface area contributed by atoms with E-state index in [4.69, 9.17) is 5.73 Å². The lowest BCUT2D eigenvalue weighted by Gasteiger charge is -2.50. The van der Waals surface area contributed by atoms with E-state index in [2.05, 4.69) is 30.9 Å². The van der Waals surface area contributed by atoms with Crippen LogP contribution in [0.25, 0.3) is 0 Å². The van der Waals surface area contributed by atoms with Crippen LogP contribution in [0.3, 0.4) is 0 Å². The zero-order valence-corrected chi connectivity index (χ0v) is 13.7. The second-order valence-electron chi connectivity index (χ2n) is 6.64. The number of benzene rings is 1. The molecule has 0 radical (unpaired) electrons. The van der Waals surface area contributed by atoms with Gasteiger partial charge in [0, 0.05) is 24.7 Å². The summed E-state index contributed by atoms with van der Waals surface area (Å²) in [6, 6.07) is 5.05. The van der Waals surface area contributed by atoms with Crippen LogP contribution in [0.4, 0.5) is 4.39 Å². The summed E-state index contributed by atoms with van der Waals surface area (Å²) in [6.07, 6.45) is 3.74. The summed E-state index contributed by atoms with van der Waals surface area (Å²) in [6.45, 7) is 3.50. The average Bonchev–Trinajstić information content (AvgIpc) is 2.38. The van der Waals surface area contributed by atoms with Crippen LogP contribution in [0.2, 0.25) is 0 Å². The molecule has 0 heterocycles. The summed E-state index contributed by atoms with van der Waals surface area (Å²) < 4.78 is 13.6. The normalized spacial score (nSPS) is 18.9. The topological polar surface area (TPSA) is 32.5 Å². The number of hydrogen-bond donors (Lipinski definition) is 1. The predicted molar refractivity (Wildman–Crippen MR) is 85.8 cm³/mol. The van der Waals surface area contributed by atoms with Crippen LogP contribution in [0, 0.1) is 12.7 Å². The van der Waals surface area contributed by atoms with Gasteiger partial charge in [0.1, 0.15) is 5.82 Å². The number of likely N-dealkylation sites (N-methyl/N-ethyl adjacent to an activating group) is 2. The zero-order chi connectivity index (χ0) is 15.6. The van der Waals surface area contributed by atoms with Crippen LogP contribution in [0.5, 0.6) is 0 Å². The molecule has 0 bridgehead atoms. The molecule has 3 nitrogen and oxygen atoms in total. The molecule has 2 N–H and O–H groups in total. The Labute approximate surface area is 127 Å². The van der Waals surface area contributed by atoms with Gasteiger partial charge < -0.3 is 10.6 Å². The summed E-state index contributed by atoms with van der Waals surface area (Å²) in [5.74, 6) is -0.187. The molecule has 4 heteroatoms. The molecule has 1 aromatic carbocycles. The van der Waals surface area contributed by atoms with Crippen molar-refractivity contribution < 1.29 is 4.39 Å². The molecule has 0 spiro atoms. The maximum atomic E-state index is 13.6. The highest BCUT2D eigenvalue weighted by molar-refractivity contribution is 5.30. The van der Waals surface area contributed by atoms with E-state index in [9.17, 15) is 4.39 Å². The number of halogens is 1. The molecular formula is C17H28FN3. The van der Waals surface area contributed by atoms with Crippen molar-refractivity contribution in [3.63, 3.8) is 0 Å². The van der Waals surface area contributed by atoms with E-state index in [1.165, 1.54) is 25.3 Å². The number of hydrogen-bond acceptors (Lipinski definition) is 3. The Morgan fingerprint density at radius 2 is 1.95 bits per heavy atom. The van der Waals surface area contributed by atoms with Crippen molar-refractivity contribution in [2.45, 2.75) is 37.8 Å². The minimum Gasteiger partial charge on any atom is -0.329 e. The lowest BCUT2D eigenvalue weighted by molar-refractivity contribution is 0.0167. The van der Waals surface area contributed by atoms with Gasteiger partial charge in [0.25, 0.3) is 0 Å². The van der Waals surface area contributed by atoms with E-state index in [0.717, 1.165) is 17.7 Å². The summed E-state index contributed by atoms with van der Waals surface area (Å²) in [5.41, 5.74) is 8.37. The zero-order valence-electron chi connectivity index (χ0n) is 13.7. The maximum Gasteiger partial charge on any atom is 0.123 e. The Morgan fingerprint density at radius 3 is 2.43 bits per heavy atom. The molecule has 1 unspecified atom stereocenters. The van der Waals surface area contributed by atoms with Gasteiger partial charge in [-0.3, -0.25) is 4.90 Å². The second-order valence-corrected chi connectivity index (χ2v) is 6.64. The molecule has 1 aliphatic carbocycles. The molecule has 1 aliphatic rings. The van der Waals surface area contributed by atoms with E-state index in [1.807, 2.05) is 13.0 Å². The van der Waals surface area contributed by atoms with E-state index < -0.39 is 0 Å². The van der Waals surface area contributed by atoms with Gasteiger partial charge in [-0.1, -0.05) is 6.07 Å². The largest absolute Gasteiger partial charge is 0.329 e. The summed E-state index contributed by atoms with van der Waals surface area (Å²) >= 11 is 0. The molecular weight excluding hydrogens is 265 g/mol. The standard InChI is InChI=1S/C17H28FN3/c1-13-6-7-14(18)10-15(13)16(11-19)21(4)12-17(20(2)3)8-5-9-17/h6-7,10,16H,5,8-9,11-12,19H2,1-4H3. The fourth-order valence-electron chi connectivity index (χ4n) is 3.42. The lowest BCUT2D eigenvalue weighted by atomic mass is 9.75. The fourth-order valence-corrected chi connectivity index (χ4v) is 3.42. The second kappa shape index (κ2) is 6.42. The van der Waals surface area contributed by atoms with Crippen molar-refractivity contribution in [3.8, 4) is 0 Å². The highest BCUT2D eigenvalue weighted by Crippen LogP contribution is 2.38. The van der Waals surface area contributed by atoms with Gasteiger partial charge in [-0.25, -0.2) is 4.39 Å². The van der Waals surface area contributed by atoms with Gasteiger partial charge in [0.05, 0.1) is 0 Å². The van der Waals surface area contributed by atoms with Gasteiger partial charge in [0.2, 0.25) is 0 Å². The van der Waals surface area contributed by atoms with Crippen molar-refractivity contribution in [3.05, 3.63) is 35.1 Å². The average molecular weight is 293 g/mol. The summed E-state index contributed by atoms with van der Waals surface area (Å²) in [4.78, 5) is 4.62. The third-order valence-electron chi connectivity index (χ3n) is 5.13. The highest BCUT2D eigenvalue weighted by Gasteiger charge is 2.40. The Bertz CT molecular complexity index is 483. The third-order valence-corrected chi connectivity index (χ3v) is 5.13. The lowest BCUT2D eigenvalue weighted by Crippen LogP contribution is -2.57. The SMILES string of the molecule is Cc1ccc(F)cc1C(CN)N(C)CC1(N(C)C)CCC1. The van der Waals surface area contributed by atoms with Crippen LogP contribution >= 0.6 is 0 Å². The number of nitrogens with zero attached hydrogens (tertiary/aromatic N) is 2. The van der Waals surface area contributed by atoms with Gasteiger partial charge in [0.15, 0.2) is 0 Å².